The number of rotatable bonds is 34. The maximum atomic E-state index is 11.2. The van der Waals surface area contributed by atoms with Crippen LogP contribution in [0, 0.1) is 0 Å². The second-order valence-corrected chi connectivity index (χ2v) is 16.6. The lowest BCUT2D eigenvalue weighted by atomic mass is 10.5. The van der Waals surface area contributed by atoms with Crippen LogP contribution in [-0.2, 0) is 19.2 Å². The predicted octanol–water partition coefficient (Wildman–Crippen LogP) is 0.219. The minimum atomic E-state index is -0.967. The summed E-state index contributed by atoms with van der Waals surface area (Å²) in [7, 11) is 0. The number of aromatic nitrogens is 12. The van der Waals surface area contributed by atoms with Crippen molar-refractivity contribution in [3.63, 3.8) is 0 Å². The van der Waals surface area contributed by atoms with Crippen LogP contribution in [-0.4, -0.2) is 179 Å². The molecule has 0 saturated carbocycles. The van der Waals surface area contributed by atoms with Crippen LogP contribution in [0.25, 0.3) is 0 Å². The highest BCUT2D eigenvalue weighted by Gasteiger charge is 2.13. The van der Waals surface area contributed by atoms with Gasteiger partial charge in [-0.15, -0.1) is 0 Å². The molecule has 0 spiro atoms. The van der Waals surface area contributed by atoms with E-state index in [0.29, 0.717) is 37.9 Å². The molecule has 4 aromatic heterocycles. The molecule has 0 fully saturated rings. The first-order chi connectivity index (χ1) is 31.3. The molecular weight excluding hydrogens is 935 g/mol. The van der Waals surface area contributed by atoms with Gasteiger partial charge in [-0.25, -0.2) is 0 Å². The van der Waals surface area contributed by atoms with Crippen LogP contribution < -0.4 is 48.7 Å². The Morgan fingerprint density at radius 3 is 0.846 bits per heavy atom. The second-order valence-electron chi connectivity index (χ2n) is 12.3. The fraction of sp³-hybridized carbons (Fsp3) is 0.500. The summed E-state index contributed by atoms with van der Waals surface area (Å²) in [6.45, 7) is 2.48. The molecule has 0 atom stereocenters. The molecule has 0 unspecified atom stereocenters. The van der Waals surface area contributed by atoms with Crippen molar-refractivity contribution in [1.82, 2.24) is 59.8 Å². The lowest BCUT2D eigenvalue weighted by Crippen LogP contribution is -2.21. The van der Waals surface area contributed by atoms with Crippen LogP contribution in [0.2, 0.25) is 0 Å². The normalized spacial score (nSPS) is 10.8. The molecule has 0 amide bonds. The van der Waals surface area contributed by atoms with Crippen LogP contribution in [0.1, 0.15) is 25.7 Å². The number of aliphatic carboxylic acids is 4. The van der Waals surface area contributed by atoms with Gasteiger partial charge in [0.25, 0.3) is 0 Å². The molecule has 0 saturated heterocycles. The third-order valence-electron chi connectivity index (χ3n) is 7.17. The van der Waals surface area contributed by atoms with E-state index in [1.165, 1.54) is 11.8 Å². The van der Waals surface area contributed by atoms with Crippen molar-refractivity contribution in [2.24, 2.45) is 5.73 Å². The van der Waals surface area contributed by atoms with Gasteiger partial charge >= 0.3 is 23.9 Å². The van der Waals surface area contributed by atoms with Gasteiger partial charge in [-0.3, -0.25) is 19.2 Å². The SMILES string of the molecule is NCCNc1nc(NCCNc2nc(NCCNc3nc(NCCNc4nc(N)nc(SCCC(=O)O)n4)nc(SCCC(=O)O)n3)nc(SCCC(=O)O)n2)nc(SCCC(=O)O)n1. The Labute approximate surface area is 386 Å². The Morgan fingerprint density at radius 2 is 0.600 bits per heavy atom. The Morgan fingerprint density at radius 1 is 0.369 bits per heavy atom. The Bertz CT molecular complexity index is 2190. The fourth-order valence-electron chi connectivity index (χ4n) is 4.40. The molecule has 0 radical (unpaired) electrons. The van der Waals surface area contributed by atoms with Gasteiger partial charge in [-0.05, 0) is 0 Å². The molecule has 0 bridgehead atoms. The van der Waals surface area contributed by atoms with E-state index in [-0.39, 0.29) is 131 Å². The van der Waals surface area contributed by atoms with Crippen molar-refractivity contribution < 1.29 is 39.6 Å². The molecule has 4 heterocycles. The molecular formula is C32H47N21O8S4. The maximum absolute atomic E-state index is 11.2. The van der Waals surface area contributed by atoms with Crippen molar-refractivity contribution in [2.75, 3.05) is 118 Å². The van der Waals surface area contributed by atoms with E-state index in [1.54, 1.807) is 0 Å². The third-order valence-corrected chi connectivity index (χ3v) is 10.6. The maximum Gasteiger partial charge on any atom is 0.304 e. The largest absolute Gasteiger partial charge is 0.481 e. The Hall–Kier alpha value is -6.32. The van der Waals surface area contributed by atoms with Crippen molar-refractivity contribution in [1.29, 1.82) is 0 Å². The summed E-state index contributed by atoms with van der Waals surface area (Å²) in [5.41, 5.74) is 11.4. The first-order valence-corrected chi connectivity index (χ1v) is 23.3. The molecule has 65 heavy (non-hydrogen) atoms. The van der Waals surface area contributed by atoms with Gasteiger partial charge in [0.1, 0.15) is 0 Å². The van der Waals surface area contributed by atoms with E-state index in [9.17, 15) is 19.2 Å². The van der Waals surface area contributed by atoms with Crippen molar-refractivity contribution in [3.05, 3.63) is 0 Å². The standard InChI is InChI=1S/C32H47N21O8S4/c33-5-6-35-23-44-24(49-30(48-23)63-14-2-18(56)57)38-9-10-39-27-46-28(53-32(52-27)65-16-4-20(60)61)41-12-11-40-26-45-25(50-31(51-26)64-15-3-19(58)59)37-8-7-36-22-42-21(34)43-29(47-22)62-13-1-17(54)55/h1-16,33H2,(H,54,55)(H,56,57)(H,58,59)(H,60,61)(H3,34,36,42,43,47)(H2,35,38,44,48,49)(H2,37,40,45,50,51)(H2,39,41,46,52,53). The summed E-state index contributed by atoms with van der Waals surface area (Å²) < 4.78 is 0. The van der Waals surface area contributed by atoms with E-state index in [1.807, 2.05) is 0 Å². The highest BCUT2D eigenvalue weighted by molar-refractivity contribution is 7.99. The Balaban J connectivity index is 1.35. The van der Waals surface area contributed by atoms with E-state index < -0.39 is 23.9 Å². The number of carbonyl (C=O) groups is 4. The zero-order valence-electron chi connectivity index (χ0n) is 34.4. The van der Waals surface area contributed by atoms with Gasteiger partial charge in [0.2, 0.25) is 47.6 Å². The highest BCUT2D eigenvalue weighted by atomic mass is 32.2. The van der Waals surface area contributed by atoms with Gasteiger partial charge in [0, 0.05) is 75.4 Å². The molecule has 0 aliphatic rings. The lowest BCUT2D eigenvalue weighted by Gasteiger charge is -2.12. The number of hydrogen-bond acceptors (Lipinski definition) is 29. The van der Waals surface area contributed by atoms with Crippen LogP contribution in [0.15, 0.2) is 20.6 Å². The summed E-state index contributed by atoms with van der Waals surface area (Å²) in [6.07, 6.45) is -0.353. The average Bonchev–Trinajstić information content (AvgIpc) is 3.24. The van der Waals surface area contributed by atoms with Gasteiger partial charge in [0.15, 0.2) is 20.6 Å². The average molecular weight is 982 g/mol. The molecule has 4 aromatic rings. The Kier molecular flexibility index (Phi) is 22.5. The minimum Gasteiger partial charge on any atom is -0.481 e. The van der Waals surface area contributed by atoms with Gasteiger partial charge in [0.05, 0.1) is 25.7 Å². The van der Waals surface area contributed by atoms with E-state index in [2.05, 4.69) is 97.0 Å². The first kappa shape index (κ1) is 51.3. The number of thioether (sulfide) groups is 4. The number of nitrogen functional groups attached to an aromatic ring is 1. The monoisotopic (exact) mass is 981 g/mol. The second kappa shape index (κ2) is 28.5. The van der Waals surface area contributed by atoms with Gasteiger partial charge < -0.3 is 69.1 Å². The minimum absolute atomic E-state index is 0.0298. The van der Waals surface area contributed by atoms with Gasteiger partial charge in [-0.2, -0.15) is 59.8 Å². The number of nitrogens with zero attached hydrogens (tertiary/aromatic N) is 12. The zero-order valence-corrected chi connectivity index (χ0v) is 37.7. The lowest BCUT2D eigenvalue weighted by molar-refractivity contribution is -0.137. The molecule has 352 valence electrons. The van der Waals surface area contributed by atoms with E-state index in [4.69, 9.17) is 31.9 Å². The predicted molar refractivity (Wildman–Crippen MR) is 244 cm³/mol. The van der Waals surface area contributed by atoms with Gasteiger partial charge in [-0.1, -0.05) is 47.0 Å². The summed E-state index contributed by atoms with van der Waals surface area (Å²) >= 11 is 4.59. The fourth-order valence-corrected chi connectivity index (χ4v) is 7.45. The number of nitrogens with two attached hydrogens (primary N) is 2. The molecule has 0 aromatic carbocycles. The molecule has 0 aliphatic heterocycles. The van der Waals surface area contributed by atoms with Crippen LogP contribution >= 0.6 is 47.0 Å². The number of hydrogen-bond donors (Lipinski definition) is 13. The number of nitrogens with one attached hydrogen (secondary N) is 7. The number of carboxylic acids is 4. The molecule has 15 N–H and O–H groups in total. The third kappa shape index (κ3) is 21.7. The van der Waals surface area contributed by atoms with Crippen LogP contribution in [0.3, 0.4) is 0 Å². The number of carboxylic acid groups (broad SMARTS) is 4. The summed E-state index contributed by atoms with van der Waals surface area (Å²) in [4.78, 5) is 95.9. The van der Waals surface area contributed by atoms with Crippen LogP contribution in [0.4, 0.5) is 47.6 Å². The van der Waals surface area contributed by atoms with Crippen molar-refractivity contribution in [3.8, 4) is 0 Å². The molecule has 33 heteroatoms. The van der Waals surface area contributed by atoms with E-state index >= 15 is 0 Å². The van der Waals surface area contributed by atoms with E-state index in [0.717, 1.165) is 35.3 Å². The molecule has 29 nitrogen and oxygen atoms in total. The summed E-state index contributed by atoms with van der Waals surface area (Å²) in [5, 5.41) is 58.8. The summed E-state index contributed by atoms with van der Waals surface area (Å²) in [5.74, 6) is -1.34. The zero-order chi connectivity index (χ0) is 46.8. The van der Waals surface area contributed by atoms with Crippen molar-refractivity contribution in [2.45, 2.75) is 46.3 Å². The molecule has 4 rings (SSSR count). The number of anilines is 8. The highest BCUT2D eigenvalue weighted by Crippen LogP contribution is 2.21. The first-order valence-electron chi connectivity index (χ1n) is 19.4. The molecule has 0 aliphatic carbocycles. The topological polar surface area (TPSA) is 440 Å². The summed E-state index contributed by atoms with van der Waals surface area (Å²) in [6, 6.07) is 0. The quantitative estimate of drug-likeness (QED) is 0.0220. The van der Waals surface area contributed by atoms with Crippen molar-refractivity contribution >= 4 is 119 Å². The van der Waals surface area contributed by atoms with Crippen LogP contribution in [0.5, 0.6) is 0 Å². The smallest absolute Gasteiger partial charge is 0.304 e.